The largest absolute Gasteiger partial charge is 0.458 e. The van der Waals surface area contributed by atoms with Gasteiger partial charge in [0, 0.05) is 11.1 Å². The van der Waals surface area contributed by atoms with Crippen LogP contribution >= 0.6 is 11.6 Å². The SMILES string of the molecule is Cc1ccc(/C=C/C(=O)OCc2ccc(Cl)cc2)cc1. The van der Waals surface area contributed by atoms with Crippen molar-refractivity contribution in [2.75, 3.05) is 0 Å². The summed E-state index contributed by atoms with van der Waals surface area (Å²) in [6, 6.07) is 15.1. The summed E-state index contributed by atoms with van der Waals surface area (Å²) in [5.74, 6) is -0.361. The predicted octanol–water partition coefficient (Wildman–Crippen LogP) is 4.41. The molecule has 2 aromatic carbocycles. The van der Waals surface area contributed by atoms with Gasteiger partial charge in [0.2, 0.25) is 0 Å². The minimum absolute atomic E-state index is 0.244. The summed E-state index contributed by atoms with van der Waals surface area (Å²) in [6.45, 7) is 2.27. The Morgan fingerprint density at radius 1 is 1.10 bits per heavy atom. The number of hydrogen-bond acceptors (Lipinski definition) is 2. The molecular formula is C17H15ClO2. The van der Waals surface area contributed by atoms with Crippen molar-refractivity contribution in [1.29, 1.82) is 0 Å². The molecule has 0 aliphatic heterocycles. The number of rotatable bonds is 4. The summed E-state index contributed by atoms with van der Waals surface area (Å²) >= 11 is 5.78. The Balaban J connectivity index is 1.86. The highest BCUT2D eigenvalue weighted by Gasteiger charge is 1.99. The van der Waals surface area contributed by atoms with Gasteiger partial charge in [0.15, 0.2) is 0 Å². The van der Waals surface area contributed by atoms with Crippen LogP contribution in [0.2, 0.25) is 5.02 Å². The smallest absolute Gasteiger partial charge is 0.331 e. The summed E-state index contributed by atoms with van der Waals surface area (Å²) in [7, 11) is 0. The minimum Gasteiger partial charge on any atom is -0.458 e. The first-order chi connectivity index (χ1) is 9.63. The molecule has 0 radical (unpaired) electrons. The highest BCUT2D eigenvalue weighted by Crippen LogP contribution is 2.10. The third-order valence-corrected chi connectivity index (χ3v) is 3.04. The Hall–Kier alpha value is -2.06. The Morgan fingerprint density at radius 3 is 2.40 bits per heavy atom. The van der Waals surface area contributed by atoms with Crippen molar-refractivity contribution in [3.8, 4) is 0 Å². The van der Waals surface area contributed by atoms with Crippen LogP contribution in [0, 0.1) is 6.92 Å². The second-order valence-electron chi connectivity index (χ2n) is 4.48. The first-order valence-corrected chi connectivity index (χ1v) is 6.67. The first-order valence-electron chi connectivity index (χ1n) is 6.29. The Labute approximate surface area is 123 Å². The summed E-state index contributed by atoms with van der Waals surface area (Å²) in [5.41, 5.74) is 3.07. The summed E-state index contributed by atoms with van der Waals surface area (Å²) in [4.78, 5) is 11.6. The van der Waals surface area contributed by atoms with Crippen LogP contribution < -0.4 is 0 Å². The van der Waals surface area contributed by atoms with Crippen molar-refractivity contribution in [3.05, 3.63) is 76.3 Å². The molecule has 0 aromatic heterocycles. The van der Waals surface area contributed by atoms with E-state index in [4.69, 9.17) is 16.3 Å². The minimum atomic E-state index is -0.361. The highest BCUT2D eigenvalue weighted by atomic mass is 35.5. The maximum atomic E-state index is 11.6. The molecule has 2 nitrogen and oxygen atoms in total. The highest BCUT2D eigenvalue weighted by molar-refractivity contribution is 6.30. The number of benzene rings is 2. The number of carbonyl (C=O) groups is 1. The van der Waals surface area contributed by atoms with Gasteiger partial charge in [-0.05, 0) is 36.3 Å². The molecule has 0 unspecified atom stereocenters. The molecular weight excluding hydrogens is 272 g/mol. The molecule has 102 valence electrons. The van der Waals surface area contributed by atoms with E-state index >= 15 is 0 Å². The van der Waals surface area contributed by atoms with E-state index in [0.717, 1.165) is 11.1 Å². The van der Waals surface area contributed by atoms with Gasteiger partial charge in [0.25, 0.3) is 0 Å². The number of ether oxygens (including phenoxy) is 1. The van der Waals surface area contributed by atoms with Crippen LogP contribution in [0.4, 0.5) is 0 Å². The standard InChI is InChI=1S/C17H15ClO2/c1-13-2-4-14(5-3-13)8-11-17(19)20-12-15-6-9-16(18)10-7-15/h2-11H,12H2,1H3/b11-8+. The predicted molar refractivity (Wildman–Crippen MR) is 81.5 cm³/mol. The van der Waals surface area contributed by atoms with Gasteiger partial charge in [-0.2, -0.15) is 0 Å². The molecule has 0 atom stereocenters. The van der Waals surface area contributed by atoms with Crippen LogP contribution in [-0.4, -0.2) is 5.97 Å². The fourth-order valence-corrected chi connectivity index (χ4v) is 1.75. The molecule has 0 bridgehead atoms. The van der Waals surface area contributed by atoms with Crippen LogP contribution in [0.15, 0.2) is 54.6 Å². The van der Waals surface area contributed by atoms with E-state index in [2.05, 4.69) is 0 Å². The van der Waals surface area contributed by atoms with E-state index in [9.17, 15) is 4.79 Å². The van der Waals surface area contributed by atoms with Gasteiger partial charge in [-0.1, -0.05) is 53.6 Å². The van der Waals surface area contributed by atoms with Crippen LogP contribution in [0.5, 0.6) is 0 Å². The Kier molecular flexibility index (Phi) is 4.97. The number of halogens is 1. The van der Waals surface area contributed by atoms with Gasteiger partial charge in [-0.25, -0.2) is 4.79 Å². The van der Waals surface area contributed by atoms with E-state index in [1.54, 1.807) is 18.2 Å². The van der Waals surface area contributed by atoms with E-state index in [-0.39, 0.29) is 12.6 Å². The number of aryl methyl sites for hydroxylation is 1. The second-order valence-corrected chi connectivity index (χ2v) is 4.91. The lowest BCUT2D eigenvalue weighted by atomic mass is 10.1. The van der Waals surface area contributed by atoms with E-state index in [1.165, 1.54) is 11.6 Å². The van der Waals surface area contributed by atoms with Gasteiger partial charge in [-0.3, -0.25) is 0 Å². The van der Waals surface area contributed by atoms with Crippen LogP contribution in [-0.2, 0) is 16.1 Å². The molecule has 0 amide bonds. The molecule has 0 fully saturated rings. The number of hydrogen-bond donors (Lipinski definition) is 0. The normalized spacial score (nSPS) is 10.7. The first kappa shape index (κ1) is 14.4. The van der Waals surface area contributed by atoms with Crippen LogP contribution in [0.3, 0.4) is 0 Å². The van der Waals surface area contributed by atoms with Gasteiger partial charge < -0.3 is 4.74 Å². The van der Waals surface area contributed by atoms with E-state index < -0.39 is 0 Å². The van der Waals surface area contributed by atoms with Crippen LogP contribution in [0.25, 0.3) is 6.08 Å². The summed E-state index contributed by atoms with van der Waals surface area (Å²) < 4.78 is 5.14. The van der Waals surface area contributed by atoms with Gasteiger partial charge in [-0.15, -0.1) is 0 Å². The molecule has 20 heavy (non-hydrogen) atoms. The fraction of sp³-hybridized carbons (Fsp3) is 0.118. The van der Waals surface area contributed by atoms with Gasteiger partial charge in [0.05, 0.1) is 0 Å². The fourth-order valence-electron chi connectivity index (χ4n) is 1.63. The summed E-state index contributed by atoms with van der Waals surface area (Å²) in [6.07, 6.45) is 3.17. The lowest BCUT2D eigenvalue weighted by molar-refractivity contribution is -0.138. The molecule has 3 heteroatoms. The van der Waals surface area contributed by atoms with Gasteiger partial charge >= 0.3 is 5.97 Å². The average molecular weight is 287 g/mol. The average Bonchev–Trinajstić information content (AvgIpc) is 2.46. The zero-order valence-corrected chi connectivity index (χ0v) is 11.9. The zero-order chi connectivity index (χ0) is 14.4. The third-order valence-electron chi connectivity index (χ3n) is 2.78. The monoisotopic (exact) mass is 286 g/mol. The maximum Gasteiger partial charge on any atom is 0.331 e. The van der Waals surface area contributed by atoms with E-state index in [0.29, 0.717) is 5.02 Å². The van der Waals surface area contributed by atoms with E-state index in [1.807, 2.05) is 43.3 Å². The van der Waals surface area contributed by atoms with Crippen molar-refractivity contribution >= 4 is 23.6 Å². The molecule has 0 aliphatic carbocycles. The maximum absolute atomic E-state index is 11.6. The van der Waals surface area contributed by atoms with Crippen LogP contribution in [0.1, 0.15) is 16.7 Å². The van der Waals surface area contributed by atoms with Gasteiger partial charge in [0.1, 0.15) is 6.61 Å². The molecule has 0 aliphatic rings. The van der Waals surface area contributed by atoms with Crippen molar-refractivity contribution in [2.24, 2.45) is 0 Å². The van der Waals surface area contributed by atoms with Crippen molar-refractivity contribution in [3.63, 3.8) is 0 Å². The topological polar surface area (TPSA) is 26.3 Å². The zero-order valence-electron chi connectivity index (χ0n) is 11.2. The van der Waals surface area contributed by atoms with Crippen molar-refractivity contribution in [2.45, 2.75) is 13.5 Å². The third kappa shape index (κ3) is 4.56. The number of carbonyl (C=O) groups excluding carboxylic acids is 1. The molecule has 0 heterocycles. The quantitative estimate of drug-likeness (QED) is 0.615. The Bertz CT molecular complexity index is 598. The lowest BCUT2D eigenvalue weighted by Gasteiger charge is -2.02. The number of esters is 1. The summed E-state index contributed by atoms with van der Waals surface area (Å²) in [5, 5.41) is 0.666. The van der Waals surface area contributed by atoms with Crippen molar-refractivity contribution < 1.29 is 9.53 Å². The molecule has 2 aromatic rings. The lowest BCUT2D eigenvalue weighted by Crippen LogP contribution is -2.00. The van der Waals surface area contributed by atoms with Crippen molar-refractivity contribution in [1.82, 2.24) is 0 Å². The Morgan fingerprint density at radius 2 is 1.75 bits per heavy atom. The molecule has 0 N–H and O–H groups in total. The second kappa shape index (κ2) is 6.92. The molecule has 0 saturated heterocycles. The molecule has 0 saturated carbocycles. The molecule has 0 spiro atoms. The molecule has 2 rings (SSSR count).